The standard InChI is InChI=1S/C22H29N5O2/c1-4-5-10-25-22(28)27-14(2)11-16-12-20(29-3)19(24)13-18(16)21(26-27)15-6-8-17(23)9-7-15/h6-9,12-14H,4-5,10-11,23-24H2,1-3H3,(H,25,28). The number of rotatable bonds is 5. The molecule has 2 aromatic rings. The Kier molecular flexibility index (Phi) is 6.26. The number of fused-ring (bicyclic) bond motifs is 1. The van der Waals surface area contributed by atoms with Crippen LogP contribution in [0.5, 0.6) is 5.75 Å². The Bertz CT molecular complexity index is 908. The molecule has 0 aromatic heterocycles. The Labute approximate surface area is 171 Å². The van der Waals surface area contributed by atoms with E-state index in [0.717, 1.165) is 29.5 Å². The molecule has 0 fully saturated rings. The zero-order valence-corrected chi connectivity index (χ0v) is 17.2. The van der Waals surface area contributed by atoms with Crippen molar-refractivity contribution >= 4 is 23.1 Å². The molecule has 0 saturated heterocycles. The summed E-state index contributed by atoms with van der Waals surface area (Å²) in [6.45, 7) is 4.70. The number of urea groups is 1. The zero-order valence-electron chi connectivity index (χ0n) is 17.2. The lowest BCUT2D eigenvalue weighted by Gasteiger charge is -2.23. The molecule has 0 spiro atoms. The SMILES string of the molecule is CCCCNC(=O)N1N=C(c2ccc(N)cc2)c2cc(N)c(OC)cc2CC1C. The van der Waals surface area contributed by atoms with E-state index in [1.165, 1.54) is 5.01 Å². The highest BCUT2D eigenvalue weighted by molar-refractivity contribution is 6.15. The largest absolute Gasteiger partial charge is 0.495 e. The van der Waals surface area contributed by atoms with Gasteiger partial charge >= 0.3 is 6.03 Å². The topological polar surface area (TPSA) is 106 Å². The first kappa shape index (κ1) is 20.5. The number of methoxy groups -OCH3 is 1. The van der Waals surface area contributed by atoms with Crippen molar-refractivity contribution in [3.05, 3.63) is 53.1 Å². The third kappa shape index (κ3) is 4.45. The minimum absolute atomic E-state index is 0.130. The summed E-state index contributed by atoms with van der Waals surface area (Å²) in [5.74, 6) is 0.619. The molecule has 5 N–H and O–H groups in total. The fourth-order valence-electron chi connectivity index (χ4n) is 3.42. The van der Waals surface area contributed by atoms with Gasteiger partial charge in [0, 0.05) is 23.4 Å². The van der Waals surface area contributed by atoms with Gasteiger partial charge in [-0.3, -0.25) is 0 Å². The molecule has 1 atom stereocenters. The third-order valence-electron chi connectivity index (χ3n) is 5.05. The molecule has 2 amide bonds. The van der Waals surface area contributed by atoms with Gasteiger partial charge in [-0.25, -0.2) is 9.80 Å². The molecule has 7 nitrogen and oxygen atoms in total. The second kappa shape index (κ2) is 8.86. The van der Waals surface area contributed by atoms with Crippen LogP contribution in [0.4, 0.5) is 16.2 Å². The van der Waals surface area contributed by atoms with Crippen LogP contribution >= 0.6 is 0 Å². The predicted octanol–water partition coefficient (Wildman–Crippen LogP) is 3.37. The van der Waals surface area contributed by atoms with Gasteiger partial charge in [0.05, 0.1) is 24.6 Å². The predicted molar refractivity (Wildman–Crippen MR) is 117 cm³/mol. The number of nitrogen functional groups attached to an aromatic ring is 2. The lowest BCUT2D eigenvalue weighted by molar-refractivity contribution is 0.182. The molecule has 1 heterocycles. The van der Waals surface area contributed by atoms with E-state index in [-0.39, 0.29) is 12.1 Å². The van der Waals surface area contributed by atoms with Gasteiger partial charge < -0.3 is 21.5 Å². The van der Waals surface area contributed by atoms with Gasteiger partial charge in [-0.05, 0) is 49.6 Å². The number of benzene rings is 2. The highest BCUT2D eigenvalue weighted by atomic mass is 16.5. The molecular formula is C22H29N5O2. The maximum atomic E-state index is 12.8. The molecule has 0 aliphatic carbocycles. The third-order valence-corrected chi connectivity index (χ3v) is 5.05. The Morgan fingerprint density at radius 2 is 2.00 bits per heavy atom. The van der Waals surface area contributed by atoms with Crippen LogP contribution in [0.15, 0.2) is 41.5 Å². The number of hydrogen-bond donors (Lipinski definition) is 3. The molecular weight excluding hydrogens is 366 g/mol. The number of amides is 2. The lowest BCUT2D eigenvalue weighted by Crippen LogP contribution is -2.42. The highest BCUT2D eigenvalue weighted by Gasteiger charge is 2.28. The van der Waals surface area contributed by atoms with Gasteiger partial charge in [-0.2, -0.15) is 5.10 Å². The fraction of sp³-hybridized carbons (Fsp3) is 0.364. The average molecular weight is 396 g/mol. The van der Waals surface area contributed by atoms with Crippen LogP contribution in [0.2, 0.25) is 0 Å². The highest BCUT2D eigenvalue weighted by Crippen LogP contribution is 2.31. The zero-order chi connectivity index (χ0) is 21.0. The summed E-state index contributed by atoms with van der Waals surface area (Å²) in [6, 6.07) is 10.9. The number of ether oxygens (including phenoxy) is 1. The number of unbranched alkanes of at least 4 members (excludes halogenated alkanes) is 1. The summed E-state index contributed by atoms with van der Waals surface area (Å²) in [7, 11) is 1.60. The quantitative estimate of drug-likeness (QED) is 0.533. The van der Waals surface area contributed by atoms with E-state index >= 15 is 0 Å². The van der Waals surface area contributed by atoms with Gasteiger partial charge in [0.1, 0.15) is 5.75 Å². The number of anilines is 2. The molecule has 2 aromatic carbocycles. The number of hydrogen-bond acceptors (Lipinski definition) is 5. The summed E-state index contributed by atoms with van der Waals surface area (Å²) >= 11 is 0. The lowest BCUT2D eigenvalue weighted by atomic mass is 9.93. The van der Waals surface area contributed by atoms with Gasteiger partial charge in [-0.1, -0.05) is 25.5 Å². The Hall–Kier alpha value is -3.22. The Balaban J connectivity index is 2.09. The van der Waals surface area contributed by atoms with Crippen molar-refractivity contribution in [2.45, 2.75) is 39.2 Å². The number of hydrazone groups is 1. The van der Waals surface area contributed by atoms with Gasteiger partial charge in [0.25, 0.3) is 0 Å². The first-order valence-electron chi connectivity index (χ1n) is 9.93. The van der Waals surface area contributed by atoms with Gasteiger partial charge in [0.2, 0.25) is 0 Å². The van der Waals surface area contributed by atoms with E-state index in [2.05, 4.69) is 12.2 Å². The second-order valence-electron chi connectivity index (χ2n) is 7.31. The Morgan fingerprint density at radius 1 is 1.28 bits per heavy atom. The van der Waals surface area contributed by atoms with E-state index in [9.17, 15) is 4.79 Å². The van der Waals surface area contributed by atoms with Crippen molar-refractivity contribution in [3.63, 3.8) is 0 Å². The van der Waals surface area contributed by atoms with E-state index in [4.69, 9.17) is 21.3 Å². The smallest absolute Gasteiger partial charge is 0.338 e. The van der Waals surface area contributed by atoms with Crippen LogP contribution in [-0.2, 0) is 6.42 Å². The van der Waals surface area contributed by atoms with Crippen molar-refractivity contribution < 1.29 is 9.53 Å². The number of carbonyl (C=O) groups excluding carboxylic acids is 1. The van der Waals surface area contributed by atoms with Crippen LogP contribution in [-0.4, -0.2) is 36.4 Å². The summed E-state index contributed by atoms with van der Waals surface area (Å²) in [5.41, 5.74) is 16.7. The van der Waals surface area contributed by atoms with Crippen molar-refractivity contribution in [2.24, 2.45) is 5.10 Å². The van der Waals surface area contributed by atoms with Crippen LogP contribution < -0.4 is 21.5 Å². The minimum Gasteiger partial charge on any atom is -0.495 e. The minimum atomic E-state index is -0.202. The Morgan fingerprint density at radius 3 is 2.66 bits per heavy atom. The molecule has 154 valence electrons. The number of nitrogens with one attached hydrogen (secondary N) is 1. The van der Waals surface area contributed by atoms with Crippen molar-refractivity contribution in [3.8, 4) is 5.75 Å². The molecule has 3 rings (SSSR count). The van der Waals surface area contributed by atoms with Crippen LogP contribution in [0.25, 0.3) is 0 Å². The normalized spacial score (nSPS) is 15.9. The second-order valence-corrected chi connectivity index (χ2v) is 7.31. The van der Waals surface area contributed by atoms with E-state index < -0.39 is 0 Å². The molecule has 1 aliphatic rings. The van der Waals surface area contributed by atoms with Crippen LogP contribution in [0.1, 0.15) is 43.4 Å². The first-order chi connectivity index (χ1) is 13.9. The summed E-state index contributed by atoms with van der Waals surface area (Å²) in [6.07, 6.45) is 2.58. The van der Waals surface area contributed by atoms with Crippen molar-refractivity contribution in [1.29, 1.82) is 0 Å². The van der Waals surface area contributed by atoms with Crippen molar-refractivity contribution in [1.82, 2.24) is 10.3 Å². The van der Waals surface area contributed by atoms with Crippen molar-refractivity contribution in [2.75, 3.05) is 25.1 Å². The molecule has 7 heteroatoms. The number of nitrogens with two attached hydrogens (primary N) is 2. The maximum absolute atomic E-state index is 12.8. The van der Waals surface area contributed by atoms with E-state index in [1.807, 2.05) is 43.3 Å². The fourth-order valence-corrected chi connectivity index (χ4v) is 3.42. The number of carbonyl (C=O) groups is 1. The first-order valence-corrected chi connectivity index (χ1v) is 9.93. The average Bonchev–Trinajstić information content (AvgIpc) is 2.84. The summed E-state index contributed by atoms with van der Waals surface area (Å²) in [4.78, 5) is 12.8. The molecule has 1 unspecified atom stereocenters. The van der Waals surface area contributed by atoms with E-state index in [1.54, 1.807) is 7.11 Å². The van der Waals surface area contributed by atoms with Gasteiger partial charge in [0.15, 0.2) is 0 Å². The molecule has 1 aliphatic heterocycles. The maximum Gasteiger partial charge on any atom is 0.338 e. The van der Waals surface area contributed by atoms with Gasteiger partial charge in [-0.15, -0.1) is 0 Å². The molecule has 29 heavy (non-hydrogen) atoms. The molecule has 0 bridgehead atoms. The number of nitrogens with zero attached hydrogens (tertiary/aromatic N) is 2. The molecule has 0 radical (unpaired) electrons. The summed E-state index contributed by atoms with van der Waals surface area (Å²) < 4.78 is 5.41. The van der Waals surface area contributed by atoms with Crippen LogP contribution in [0, 0.1) is 0 Å². The molecule has 0 saturated carbocycles. The monoisotopic (exact) mass is 395 g/mol. The van der Waals surface area contributed by atoms with E-state index in [0.29, 0.717) is 35.8 Å². The summed E-state index contributed by atoms with van der Waals surface area (Å²) in [5, 5.41) is 9.27. The van der Waals surface area contributed by atoms with Crippen LogP contribution in [0.3, 0.4) is 0 Å².